The first-order valence-corrected chi connectivity index (χ1v) is 5.62. The minimum absolute atomic E-state index is 0.0343. The van der Waals surface area contributed by atoms with Gasteiger partial charge in [-0.25, -0.2) is 4.39 Å². The number of fused-ring (bicyclic) bond motifs is 3. The monoisotopic (exact) mass is 222 g/mol. The van der Waals surface area contributed by atoms with Gasteiger partial charge in [-0.05, 0) is 31.6 Å². The molecule has 2 heterocycles. The Morgan fingerprint density at radius 1 is 1.50 bits per heavy atom. The molecule has 1 aromatic rings. The van der Waals surface area contributed by atoms with Gasteiger partial charge in [0.25, 0.3) is 0 Å². The van der Waals surface area contributed by atoms with Crippen LogP contribution < -0.4 is 5.32 Å². The van der Waals surface area contributed by atoms with Crippen LogP contribution in [-0.4, -0.2) is 36.2 Å². The highest BCUT2D eigenvalue weighted by Gasteiger charge is 2.37. The Morgan fingerprint density at radius 3 is 3.12 bits per heavy atom. The van der Waals surface area contributed by atoms with Crippen molar-refractivity contribution in [1.82, 2.24) is 4.90 Å². The highest BCUT2D eigenvalue weighted by molar-refractivity contribution is 5.68. The third kappa shape index (κ3) is 1.37. The van der Waals surface area contributed by atoms with Gasteiger partial charge in [-0.15, -0.1) is 0 Å². The largest absolute Gasteiger partial charge is 0.506 e. The van der Waals surface area contributed by atoms with E-state index in [0.717, 1.165) is 30.8 Å². The molecule has 0 saturated carbocycles. The summed E-state index contributed by atoms with van der Waals surface area (Å²) in [5.74, 6) is -0.0191. The summed E-state index contributed by atoms with van der Waals surface area (Å²) < 4.78 is 13.3. The second kappa shape index (κ2) is 3.35. The van der Waals surface area contributed by atoms with Crippen molar-refractivity contribution in [2.75, 3.05) is 25.5 Å². The molecule has 0 radical (unpaired) electrons. The Hall–Kier alpha value is -1.29. The molecule has 2 aliphatic rings. The van der Waals surface area contributed by atoms with E-state index in [1.807, 2.05) is 0 Å². The summed E-state index contributed by atoms with van der Waals surface area (Å²) >= 11 is 0. The number of anilines is 1. The van der Waals surface area contributed by atoms with Gasteiger partial charge in [-0.1, -0.05) is 0 Å². The van der Waals surface area contributed by atoms with E-state index in [9.17, 15) is 9.50 Å². The fourth-order valence-corrected chi connectivity index (χ4v) is 2.85. The molecule has 1 fully saturated rings. The fraction of sp³-hybridized carbons (Fsp3) is 0.500. The number of hydrogen-bond donors (Lipinski definition) is 2. The van der Waals surface area contributed by atoms with Crippen LogP contribution in [0.1, 0.15) is 17.9 Å². The van der Waals surface area contributed by atoms with Crippen LogP contribution >= 0.6 is 0 Å². The number of phenols is 1. The third-order valence-corrected chi connectivity index (χ3v) is 3.66. The molecule has 2 unspecified atom stereocenters. The van der Waals surface area contributed by atoms with E-state index in [1.54, 1.807) is 6.07 Å². The maximum Gasteiger partial charge on any atom is 0.141 e. The number of nitrogens with zero attached hydrogens (tertiary/aromatic N) is 1. The molecule has 2 aliphatic heterocycles. The Balaban J connectivity index is 2.04. The van der Waals surface area contributed by atoms with E-state index in [2.05, 4.69) is 17.3 Å². The molecular formula is C12H15FN2O. The molecule has 0 bridgehead atoms. The smallest absolute Gasteiger partial charge is 0.141 e. The fourth-order valence-electron chi connectivity index (χ4n) is 2.85. The molecule has 4 heteroatoms. The Bertz CT molecular complexity index is 435. The van der Waals surface area contributed by atoms with Crippen LogP contribution in [0, 0.1) is 5.82 Å². The number of rotatable bonds is 0. The Morgan fingerprint density at radius 2 is 2.31 bits per heavy atom. The zero-order valence-corrected chi connectivity index (χ0v) is 9.20. The molecule has 1 aromatic carbocycles. The van der Waals surface area contributed by atoms with Gasteiger partial charge in [-0.3, -0.25) is 0 Å². The van der Waals surface area contributed by atoms with Crippen molar-refractivity contribution in [2.45, 2.75) is 18.4 Å². The highest BCUT2D eigenvalue weighted by atomic mass is 19.1. The summed E-state index contributed by atoms with van der Waals surface area (Å²) in [6.45, 7) is 1.97. The van der Waals surface area contributed by atoms with E-state index in [1.165, 1.54) is 6.07 Å². The van der Waals surface area contributed by atoms with E-state index >= 15 is 0 Å². The SMILES string of the molecule is CN1CCC2Nc3c(O)cc(F)cc3C2C1. The zero-order valence-electron chi connectivity index (χ0n) is 9.20. The number of benzene rings is 1. The van der Waals surface area contributed by atoms with Crippen LogP contribution in [0.3, 0.4) is 0 Å². The van der Waals surface area contributed by atoms with Crippen molar-refractivity contribution < 1.29 is 9.50 Å². The lowest BCUT2D eigenvalue weighted by Gasteiger charge is -2.32. The van der Waals surface area contributed by atoms with Gasteiger partial charge < -0.3 is 15.3 Å². The van der Waals surface area contributed by atoms with Crippen LogP contribution in [0.25, 0.3) is 0 Å². The van der Waals surface area contributed by atoms with Crippen molar-refractivity contribution in [3.05, 3.63) is 23.5 Å². The molecular weight excluding hydrogens is 207 g/mol. The van der Waals surface area contributed by atoms with Gasteiger partial charge in [0.2, 0.25) is 0 Å². The van der Waals surface area contributed by atoms with Gasteiger partial charge in [0.1, 0.15) is 11.6 Å². The second-order valence-electron chi connectivity index (χ2n) is 4.80. The molecule has 86 valence electrons. The van der Waals surface area contributed by atoms with Crippen LogP contribution in [0.15, 0.2) is 12.1 Å². The summed E-state index contributed by atoms with van der Waals surface area (Å²) in [6.07, 6.45) is 1.04. The van der Waals surface area contributed by atoms with E-state index in [0.29, 0.717) is 12.0 Å². The lowest BCUT2D eigenvalue weighted by Crippen LogP contribution is -2.39. The number of halogens is 1. The third-order valence-electron chi connectivity index (χ3n) is 3.66. The number of aromatic hydroxyl groups is 1. The van der Waals surface area contributed by atoms with Crippen molar-refractivity contribution >= 4 is 5.69 Å². The predicted molar refractivity (Wildman–Crippen MR) is 60.3 cm³/mol. The van der Waals surface area contributed by atoms with Crippen LogP contribution in [-0.2, 0) is 0 Å². The molecule has 1 saturated heterocycles. The van der Waals surface area contributed by atoms with Crippen molar-refractivity contribution in [1.29, 1.82) is 0 Å². The minimum atomic E-state index is -0.355. The van der Waals surface area contributed by atoms with Crippen LogP contribution in [0.2, 0.25) is 0 Å². The summed E-state index contributed by atoms with van der Waals surface area (Å²) in [5, 5.41) is 13.0. The molecule has 16 heavy (non-hydrogen) atoms. The van der Waals surface area contributed by atoms with Gasteiger partial charge in [0, 0.05) is 24.6 Å². The number of hydrogen-bond acceptors (Lipinski definition) is 3. The van der Waals surface area contributed by atoms with Gasteiger partial charge in [0.05, 0.1) is 5.69 Å². The number of nitrogens with one attached hydrogen (secondary N) is 1. The van der Waals surface area contributed by atoms with Crippen LogP contribution in [0.5, 0.6) is 5.75 Å². The summed E-state index contributed by atoms with van der Waals surface area (Å²) in [6, 6.07) is 3.07. The Labute approximate surface area is 93.9 Å². The normalized spacial score (nSPS) is 28.4. The number of likely N-dealkylation sites (tertiary alicyclic amines) is 1. The average Bonchev–Trinajstić information content (AvgIpc) is 2.57. The number of likely N-dealkylation sites (N-methyl/N-ethyl adjacent to an activating group) is 1. The summed E-state index contributed by atoms with van der Waals surface area (Å²) in [4.78, 5) is 2.25. The topological polar surface area (TPSA) is 35.5 Å². The van der Waals surface area contributed by atoms with Crippen molar-refractivity contribution in [3.63, 3.8) is 0 Å². The van der Waals surface area contributed by atoms with Crippen molar-refractivity contribution in [2.24, 2.45) is 0 Å². The van der Waals surface area contributed by atoms with Gasteiger partial charge >= 0.3 is 0 Å². The number of piperidine rings is 1. The molecule has 0 amide bonds. The lowest BCUT2D eigenvalue weighted by molar-refractivity contribution is 0.243. The number of phenolic OH excluding ortho intramolecular Hbond substituents is 1. The predicted octanol–water partition coefficient (Wildman–Crippen LogP) is 1.74. The first-order chi connectivity index (χ1) is 7.65. The van der Waals surface area contributed by atoms with Gasteiger partial charge in [-0.2, -0.15) is 0 Å². The maximum atomic E-state index is 13.3. The molecule has 2 atom stereocenters. The van der Waals surface area contributed by atoms with Gasteiger partial charge in [0.15, 0.2) is 0 Å². The molecule has 3 nitrogen and oxygen atoms in total. The summed E-state index contributed by atoms with van der Waals surface area (Å²) in [7, 11) is 2.08. The summed E-state index contributed by atoms with van der Waals surface area (Å²) in [5.41, 5.74) is 1.65. The standard InChI is InChI=1S/C12H15FN2O/c1-15-3-2-10-9(6-15)8-4-7(13)5-11(16)12(8)14-10/h4-5,9-10,14,16H,2-3,6H2,1H3. The van der Waals surface area contributed by atoms with Crippen molar-refractivity contribution in [3.8, 4) is 5.75 Å². The zero-order chi connectivity index (χ0) is 11.3. The highest BCUT2D eigenvalue weighted by Crippen LogP contribution is 2.44. The van der Waals surface area contributed by atoms with E-state index in [4.69, 9.17) is 0 Å². The first-order valence-electron chi connectivity index (χ1n) is 5.62. The molecule has 3 rings (SSSR count). The molecule has 0 spiro atoms. The molecule has 0 aliphatic carbocycles. The minimum Gasteiger partial charge on any atom is -0.506 e. The molecule has 0 aromatic heterocycles. The quantitative estimate of drug-likeness (QED) is 0.656. The first kappa shape index (κ1) is 9.90. The second-order valence-corrected chi connectivity index (χ2v) is 4.80. The van der Waals surface area contributed by atoms with E-state index in [-0.39, 0.29) is 11.6 Å². The van der Waals surface area contributed by atoms with E-state index < -0.39 is 0 Å². The van der Waals surface area contributed by atoms with Crippen LogP contribution in [0.4, 0.5) is 10.1 Å². The maximum absolute atomic E-state index is 13.3. The molecule has 2 N–H and O–H groups in total. The average molecular weight is 222 g/mol. The lowest BCUT2D eigenvalue weighted by atomic mass is 9.89. The Kier molecular flexibility index (Phi) is 2.07.